The first-order valence-corrected chi connectivity index (χ1v) is 6.18. The number of rotatable bonds is 3. The third kappa shape index (κ3) is 2.74. The number of nitrogens with zero attached hydrogens (tertiary/aromatic N) is 2. The number of aromatic nitrogens is 2. The second-order valence-electron chi connectivity index (χ2n) is 4.02. The number of benzene rings is 2. The molecule has 2 N–H and O–H groups in total. The number of anilines is 1. The Balaban J connectivity index is 1.73. The lowest BCUT2D eigenvalue weighted by molar-refractivity contribution is 1.21. The third-order valence-electron chi connectivity index (χ3n) is 2.64. The van der Waals surface area contributed by atoms with Crippen LogP contribution in [0.4, 0.5) is 5.95 Å². The molecule has 0 aliphatic rings. The molecule has 1 heterocycles. The molecule has 0 aliphatic heterocycles. The van der Waals surface area contributed by atoms with Crippen LogP contribution in [0.15, 0.2) is 53.6 Å². The van der Waals surface area contributed by atoms with E-state index in [9.17, 15) is 0 Å². The maximum atomic E-state index is 5.81. The van der Waals surface area contributed by atoms with Crippen LogP contribution in [0.2, 0.25) is 5.02 Å². The van der Waals surface area contributed by atoms with Crippen molar-refractivity contribution in [2.45, 2.75) is 0 Å². The molecule has 4 nitrogen and oxygen atoms in total. The fraction of sp³-hybridized carbons (Fsp3) is 0. The van der Waals surface area contributed by atoms with Crippen molar-refractivity contribution in [1.82, 2.24) is 9.97 Å². The zero-order valence-corrected chi connectivity index (χ0v) is 10.7. The molecule has 0 aliphatic carbocycles. The van der Waals surface area contributed by atoms with E-state index < -0.39 is 0 Å². The van der Waals surface area contributed by atoms with Gasteiger partial charge in [0.25, 0.3) is 0 Å². The molecule has 0 amide bonds. The summed E-state index contributed by atoms with van der Waals surface area (Å²) in [7, 11) is 0. The van der Waals surface area contributed by atoms with Crippen molar-refractivity contribution in [3.05, 3.63) is 59.1 Å². The molecule has 3 rings (SSSR count). The van der Waals surface area contributed by atoms with Crippen LogP contribution in [-0.2, 0) is 0 Å². The van der Waals surface area contributed by atoms with E-state index in [1.54, 1.807) is 6.21 Å². The largest absolute Gasteiger partial charge is 0.323 e. The van der Waals surface area contributed by atoms with E-state index in [1.165, 1.54) is 0 Å². The summed E-state index contributed by atoms with van der Waals surface area (Å²) >= 11 is 5.81. The molecule has 0 saturated heterocycles. The summed E-state index contributed by atoms with van der Waals surface area (Å²) in [5.41, 5.74) is 5.72. The van der Waals surface area contributed by atoms with Gasteiger partial charge in [0.15, 0.2) is 0 Å². The van der Waals surface area contributed by atoms with Crippen molar-refractivity contribution in [3.8, 4) is 0 Å². The highest BCUT2D eigenvalue weighted by Gasteiger charge is 1.99. The highest BCUT2D eigenvalue weighted by molar-refractivity contribution is 6.30. The van der Waals surface area contributed by atoms with Crippen LogP contribution < -0.4 is 5.43 Å². The number of aromatic amines is 1. The molecule has 0 unspecified atom stereocenters. The molecule has 0 atom stereocenters. The van der Waals surface area contributed by atoms with Gasteiger partial charge in [-0.25, -0.2) is 10.4 Å². The Kier molecular flexibility index (Phi) is 3.16. The zero-order chi connectivity index (χ0) is 13.1. The number of hydrogen-bond donors (Lipinski definition) is 2. The summed E-state index contributed by atoms with van der Waals surface area (Å²) in [6, 6.07) is 15.3. The first-order valence-electron chi connectivity index (χ1n) is 5.81. The average Bonchev–Trinajstić information content (AvgIpc) is 2.83. The summed E-state index contributed by atoms with van der Waals surface area (Å²) in [5, 5.41) is 4.84. The highest BCUT2D eigenvalue weighted by Crippen LogP contribution is 2.13. The number of halogens is 1. The highest BCUT2D eigenvalue weighted by atomic mass is 35.5. The minimum atomic E-state index is 0.617. The van der Waals surface area contributed by atoms with Crippen molar-refractivity contribution in [1.29, 1.82) is 0 Å². The maximum absolute atomic E-state index is 5.81. The lowest BCUT2D eigenvalue weighted by atomic mass is 10.2. The molecule has 1 aromatic heterocycles. The summed E-state index contributed by atoms with van der Waals surface area (Å²) in [5.74, 6) is 0.617. The first kappa shape index (κ1) is 11.7. The van der Waals surface area contributed by atoms with E-state index in [1.807, 2.05) is 48.5 Å². The molecule has 19 heavy (non-hydrogen) atoms. The molecular weight excluding hydrogens is 260 g/mol. The van der Waals surface area contributed by atoms with Crippen molar-refractivity contribution in [3.63, 3.8) is 0 Å². The molecular formula is C14H11ClN4. The van der Waals surface area contributed by atoms with Crippen LogP contribution in [0.3, 0.4) is 0 Å². The lowest BCUT2D eigenvalue weighted by Crippen LogP contribution is -1.92. The Morgan fingerprint density at radius 3 is 2.68 bits per heavy atom. The Bertz CT molecular complexity index is 683. The monoisotopic (exact) mass is 270 g/mol. The van der Waals surface area contributed by atoms with Crippen LogP contribution >= 0.6 is 11.6 Å². The molecule has 5 heteroatoms. The van der Waals surface area contributed by atoms with Gasteiger partial charge in [-0.05, 0) is 29.8 Å². The fourth-order valence-corrected chi connectivity index (χ4v) is 1.85. The minimum Gasteiger partial charge on any atom is -0.323 e. The number of hydrazone groups is 1. The van der Waals surface area contributed by atoms with Gasteiger partial charge < -0.3 is 4.98 Å². The molecule has 0 spiro atoms. The molecule has 3 aromatic rings. The number of para-hydroxylation sites is 2. The van der Waals surface area contributed by atoms with E-state index in [-0.39, 0.29) is 0 Å². The smallest absolute Gasteiger partial charge is 0.222 e. The van der Waals surface area contributed by atoms with Gasteiger partial charge in [0, 0.05) is 5.02 Å². The van der Waals surface area contributed by atoms with E-state index in [2.05, 4.69) is 20.5 Å². The van der Waals surface area contributed by atoms with Gasteiger partial charge in [0.2, 0.25) is 5.95 Å². The number of hydrogen-bond acceptors (Lipinski definition) is 3. The van der Waals surface area contributed by atoms with Crippen LogP contribution in [0.1, 0.15) is 5.56 Å². The van der Waals surface area contributed by atoms with Crippen molar-refractivity contribution in [2.24, 2.45) is 5.10 Å². The number of fused-ring (bicyclic) bond motifs is 1. The van der Waals surface area contributed by atoms with Gasteiger partial charge in [-0.3, -0.25) is 0 Å². The third-order valence-corrected chi connectivity index (χ3v) is 2.90. The molecule has 94 valence electrons. The molecule has 2 aromatic carbocycles. The predicted octanol–water partition coefficient (Wildman–Crippen LogP) is 3.66. The van der Waals surface area contributed by atoms with Crippen LogP contribution in [0, 0.1) is 0 Å². The van der Waals surface area contributed by atoms with Crippen LogP contribution in [0.5, 0.6) is 0 Å². The summed E-state index contributed by atoms with van der Waals surface area (Å²) < 4.78 is 0. The van der Waals surface area contributed by atoms with E-state index in [4.69, 9.17) is 11.6 Å². The maximum Gasteiger partial charge on any atom is 0.222 e. The van der Waals surface area contributed by atoms with Crippen LogP contribution in [0.25, 0.3) is 11.0 Å². The van der Waals surface area contributed by atoms with Gasteiger partial charge in [0.05, 0.1) is 17.2 Å². The van der Waals surface area contributed by atoms with E-state index >= 15 is 0 Å². The van der Waals surface area contributed by atoms with Gasteiger partial charge in [-0.15, -0.1) is 0 Å². The Morgan fingerprint density at radius 1 is 1.11 bits per heavy atom. The average molecular weight is 271 g/mol. The molecule has 0 radical (unpaired) electrons. The van der Waals surface area contributed by atoms with E-state index in [0.29, 0.717) is 11.0 Å². The second kappa shape index (κ2) is 5.12. The quantitative estimate of drug-likeness (QED) is 0.564. The minimum absolute atomic E-state index is 0.617. The van der Waals surface area contributed by atoms with Gasteiger partial charge >= 0.3 is 0 Å². The first-order chi connectivity index (χ1) is 9.31. The Morgan fingerprint density at radius 2 is 1.89 bits per heavy atom. The fourth-order valence-electron chi connectivity index (χ4n) is 1.72. The lowest BCUT2D eigenvalue weighted by Gasteiger charge is -1.94. The van der Waals surface area contributed by atoms with Crippen molar-refractivity contribution >= 4 is 34.8 Å². The standard InChI is InChI=1S/C14H11ClN4/c15-11-7-5-10(6-8-11)9-16-19-14-17-12-3-1-2-4-13(12)18-14/h1-9H,(H2,17,18,19). The number of imidazole rings is 1. The van der Waals surface area contributed by atoms with Crippen molar-refractivity contribution in [2.75, 3.05) is 5.43 Å². The zero-order valence-electron chi connectivity index (χ0n) is 9.97. The summed E-state index contributed by atoms with van der Waals surface area (Å²) in [6.45, 7) is 0. The molecule has 0 fully saturated rings. The summed E-state index contributed by atoms with van der Waals surface area (Å²) in [6.07, 6.45) is 1.71. The Labute approximate surface area is 115 Å². The normalized spacial score (nSPS) is 11.2. The number of nitrogens with one attached hydrogen (secondary N) is 2. The Hall–Kier alpha value is -2.33. The molecule has 0 saturated carbocycles. The second-order valence-corrected chi connectivity index (χ2v) is 4.46. The van der Waals surface area contributed by atoms with Gasteiger partial charge in [-0.1, -0.05) is 35.9 Å². The van der Waals surface area contributed by atoms with Crippen molar-refractivity contribution < 1.29 is 0 Å². The molecule has 0 bridgehead atoms. The van der Waals surface area contributed by atoms with Gasteiger partial charge in [-0.2, -0.15) is 5.10 Å². The predicted molar refractivity (Wildman–Crippen MR) is 78.8 cm³/mol. The van der Waals surface area contributed by atoms with E-state index in [0.717, 1.165) is 16.6 Å². The SMILES string of the molecule is Clc1ccc(C=NNc2nc3ccccc3[nH]2)cc1. The summed E-state index contributed by atoms with van der Waals surface area (Å²) in [4.78, 5) is 7.49. The van der Waals surface area contributed by atoms with Crippen LogP contribution in [-0.4, -0.2) is 16.2 Å². The topological polar surface area (TPSA) is 53.1 Å². The van der Waals surface area contributed by atoms with Gasteiger partial charge in [0.1, 0.15) is 0 Å². The number of H-pyrrole nitrogens is 1.